The quantitative estimate of drug-likeness (QED) is 0.790. The van der Waals surface area contributed by atoms with E-state index in [0.717, 1.165) is 11.3 Å². The summed E-state index contributed by atoms with van der Waals surface area (Å²) in [6.07, 6.45) is 1.61. The molecule has 0 atom stereocenters. The lowest BCUT2D eigenvalue weighted by Crippen LogP contribution is -1.97. The van der Waals surface area contributed by atoms with Crippen molar-refractivity contribution in [1.29, 1.82) is 0 Å². The van der Waals surface area contributed by atoms with Crippen LogP contribution in [0.1, 0.15) is 11.3 Å². The molecule has 0 spiro atoms. The van der Waals surface area contributed by atoms with Gasteiger partial charge in [0.2, 0.25) is 0 Å². The topological polar surface area (TPSA) is 35.0 Å². The molecule has 0 amide bonds. The fraction of sp³-hybridized carbons (Fsp3) is 0.167. The molecule has 1 heterocycles. The summed E-state index contributed by atoms with van der Waals surface area (Å²) in [4.78, 5) is 8.20. The first kappa shape index (κ1) is 13.2. The van der Waals surface area contributed by atoms with E-state index in [1.165, 1.54) is 18.2 Å². The van der Waals surface area contributed by atoms with E-state index >= 15 is 0 Å². The fourth-order valence-electron chi connectivity index (χ4n) is 1.30. The number of aromatic nitrogens is 2. The van der Waals surface area contributed by atoms with E-state index in [1.807, 2.05) is 6.92 Å². The Morgan fingerprint density at radius 2 is 2.22 bits per heavy atom. The van der Waals surface area contributed by atoms with Crippen LogP contribution in [0.2, 0.25) is 0 Å². The van der Waals surface area contributed by atoms with Crippen LogP contribution in [0.3, 0.4) is 0 Å². The van der Waals surface area contributed by atoms with Gasteiger partial charge >= 0.3 is 6.01 Å². The van der Waals surface area contributed by atoms with Crippen molar-refractivity contribution in [3.63, 3.8) is 0 Å². The molecule has 0 aliphatic rings. The molecule has 0 fully saturated rings. The van der Waals surface area contributed by atoms with Crippen molar-refractivity contribution in [3.05, 3.63) is 45.9 Å². The lowest BCUT2D eigenvalue weighted by molar-refractivity contribution is 0.438. The zero-order valence-electron chi connectivity index (χ0n) is 9.45. The highest BCUT2D eigenvalue weighted by molar-refractivity contribution is 9.10. The smallest absolute Gasteiger partial charge is 0.322 e. The van der Waals surface area contributed by atoms with E-state index in [4.69, 9.17) is 16.3 Å². The van der Waals surface area contributed by atoms with E-state index < -0.39 is 0 Å². The van der Waals surface area contributed by atoms with Crippen molar-refractivity contribution in [2.24, 2.45) is 0 Å². The molecule has 0 aliphatic heterocycles. The minimum absolute atomic E-state index is 0.208. The van der Waals surface area contributed by atoms with E-state index in [2.05, 4.69) is 25.9 Å². The van der Waals surface area contributed by atoms with Crippen LogP contribution in [0.5, 0.6) is 11.8 Å². The average Bonchev–Trinajstić information content (AvgIpc) is 2.34. The monoisotopic (exact) mass is 330 g/mol. The molecular formula is C12H9BrClFN2O. The summed E-state index contributed by atoms with van der Waals surface area (Å²) in [5, 5.41) is 0. The Morgan fingerprint density at radius 1 is 1.44 bits per heavy atom. The molecular weight excluding hydrogens is 322 g/mol. The highest BCUT2D eigenvalue weighted by atomic mass is 79.9. The maximum Gasteiger partial charge on any atom is 0.322 e. The molecule has 0 saturated heterocycles. The van der Waals surface area contributed by atoms with Gasteiger partial charge in [0.25, 0.3) is 0 Å². The van der Waals surface area contributed by atoms with Gasteiger partial charge in [-0.15, -0.1) is 11.6 Å². The number of benzene rings is 1. The second-order valence-electron chi connectivity index (χ2n) is 3.57. The molecule has 18 heavy (non-hydrogen) atoms. The van der Waals surface area contributed by atoms with Gasteiger partial charge in [-0.1, -0.05) is 0 Å². The Balaban J connectivity index is 2.23. The van der Waals surface area contributed by atoms with Crippen LogP contribution in [0.4, 0.5) is 4.39 Å². The number of rotatable bonds is 3. The molecule has 2 rings (SSSR count). The van der Waals surface area contributed by atoms with Crippen LogP contribution in [-0.4, -0.2) is 9.97 Å². The SMILES string of the molecule is Cc1nc(Oc2ccc(F)c(Br)c2)ncc1CCl. The van der Waals surface area contributed by atoms with Gasteiger partial charge in [0, 0.05) is 17.5 Å². The highest BCUT2D eigenvalue weighted by Crippen LogP contribution is 2.25. The normalized spacial score (nSPS) is 10.4. The van der Waals surface area contributed by atoms with Crippen LogP contribution in [-0.2, 0) is 5.88 Å². The number of aryl methyl sites for hydroxylation is 1. The van der Waals surface area contributed by atoms with Crippen LogP contribution in [0, 0.1) is 12.7 Å². The largest absolute Gasteiger partial charge is 0.424 e. The average molecular weight is 332 g/mol. The molecule has 0 N–H and O–H groups in total. The van der Waals surface area contributed by atoms with E-state index in [0.29, 0.717) is 16.1 Å². The Morgan fingerprint density at radius 3 is 2.83 bits per heavy atom. The van der Waals surface area contributed by atoms with Gasteiger partial charge in [0.05, 0.1) is 10.4 Å². The second kappa shape index (κ2) is 5.63. The molecule has 6 heteroatoms. The number of nitrogens with zero attached hydrogens (tertiary/aromatic N) is 2. The summed E-state index contributed by atoms with van der Waals surface area (Å²) in [5.41, 5.74) is 1.61. The first-order chi connectivity index (χ1) is 8.60. The molecule has 1 aromatic heterocycles. The molecule has 0 saturated carbocycles. The summed E-state index contributed by atoms with van der Waals surface area (Å²) >= 11 is 8.80. The Hall–Kier alpha value is -1.20. The van der Waals surface area contributed by atoms with Gasteiger partial charge in [0.1, 0.15) is 11.6 Å². The fourth-order valence-corrected chi connectivity index (χ4v) is 1.92. The molecule has 0 unspecified atom stereocenters. The molecule has 0 aliphatic carbocycles. The predicted octanol–water partition coefficient (Wildman–Crippen LogP) is 4.22. The first-order valence-corrected chi connectivity index (χ1v) is 6.44. The molecule has 0 bridgehead atoms. The summed E-state index contributed by atoms with van der Waals surface area (Å²) in [7, 11) is 0. The zero-order valence-corrected chi connectivity index (χ0v) is 11.8. The lowest BCUT2D eigenvalue weighted by atomic mass is 10.3. The van der Waals surface area contributed by atoms with Crippen LogP contribution < -0.4 is 4.74 Å². The van der Waals surface area contributed by atoms with Crippen LogP contribution in [0.15, 0.2) is 28.9 Å². The second-order valence-corrected chi connectivity index (χ2v) is 4.70. The van der Waals surface area contributed by atoms with Gasteiger partial charge in [-0.05, 0) is 41.1 Å². The van der Waals surface area contributed by atoms with Gasteiger partial charge in [0.15, 0.2) is 0 Å². The van der Waals surface area contributed by atoms with E-state index in [-0.39, 0.29) is 11.8 Å². The summed E-state index contributed by atoms with van der Waals surface area (Å²) in [6, 6.07) is 4.54. The van der Waals surface area contributed by atoms with Crippen LogP contribution in [0.25, 0.3) is 0 Å². The third-order valence-corrected chi connectivity index (χ3v) is 3.20. The lowest BCUT2D eigenvalue weighted by Gasteiger charge is -2.06. The predicted molar refractivity (Wildman–Crippen MR) is 70.5 cm³/mol. The highest BCUT2D eigenvalue weighted by Gasteiger charge is 2.06. The first-order valence-electron chi connectivity index (χ1n) is 5.11. The number of ether oxygens (including phenoxy) is 1. The van der Waals surface area contributed by atoms with Gasteiger partial charge in [-0.25, -0.2) is 9.37 Å². The van der Waals surface area contributed by atoms with E-state index in [1.54, 1.807) is 6.20 Å². The summed E-state index contributed by atoms with van der Waals surface area (Å²) < 4.78 is 18.8. The van der Waals surface area contributed by atoms with Crippen molar-refractivity contribution < 1.29 is 9.13 Å². The minimum Gasteiger partial charge on any atom is -0.424 e. The van der Waals surface area contributed by atoms with Crippen molar-refractivity contribution in [2.45, 2.75) is 12.8 Å². The number of hydrogen-bond acceptors (Lipinski definition) is 3. The molecule has 94 valence electrons. The number of hydrogen-bond donors (Lipinski definition) is 0. The van der Waals surface area contributed by atoms with Crippen molar-refractivity contribution in [1.82, 2.24) is 9.97 Å². The Bertz CT molecular complexity index is 580. The zero-order chi connectivity index (χ0) is 13.1. The Kier molecular flexibility index (Phi) is 4.14. The molecule has 2 aromatic rings. The van der Waals surface area contributed by atoms with Crippen molar-refractivity contribution >= 4 is 27.5 Å². The Labute approximate surface area is 117 Å². The standard InChI is InChI=1S/C12H9BrClFN2O/c1-7-8(5-14)6-16-12(17-7)18-9-2-3-11(15)10(13)4-9/h2-4,6H,5H2,1H3. The minimum atomic E-state index is -0.350. The van der Waals surface area contributed by atoms with E-state index in [9.17, 15) is 4.39 Å². The van der Waals surface area contributed by atoms with Gasteiger partial charge in [-0.3, -0.25) is 0 Å². The summed E-state index contributed by atoms with van der Waals surface area (Å²) in [5.74, 6) is 0.465. The van der Waals surface area contributed by atoms with Gasteiger partial charge < -0.3 is 4.74 Å². The molecule has 0 radical (unpaired) electrons. The molecule has 1 aromatic carbocycles. The van der Waals surface area contributed by atoms with Crippen molar-refractivity contribution in [2.75, 3.05) is 0 Å². The van der Waals surface area contributed by atoms with Gasteiger partial charge in [-0.2, -0.15) is 4.98 Å². The third kappa shape index (κ3) is 2.97. The third-order valence-electron chi connectivity index (χ3n) is 2.30. The maximum atomic E-state index is 13.1. The number of alkyl halides is 1. The van der Waals surface area contributed by atoms with Crippen LogP contribution >= 0.6 is 27.5 Å². The maximum absolute atomic E-state index is 13.1. The molecule has 3 nitrogen and oxygen atoms in total. The van der Waals surface area contributed by atoms with Crippen molar-refractivity contribution in [3.8, 4) is 11.8 Å². The number of halogens is 3. The summed E-state index contributed by atoms with van der Waals surface area (Å²) in [6.45, 7) is 1.83.